The minimum atomic E-state index is 0.835. The molecule has 2 nitrogen and oxygen atoms in total. The molecular weight excluding hydrogens is 184 g/mol. The van der Waals surface area contributed by atoms with Gasteiger partial charge in [0, 0.05) is 25.2 Å². The third kappa shape index (κ3) is 1.94. The number of nitrogens with zero attached hydrogens (tertiary/aromatic N) is 1. The molecule has 0 aromatic heterocycles. The monoisotopic (exact) mass is 208 g/mol. The van der Waals surface area contributed by atoms with Crippen LogP contribution in [-0.4, -0.2) is 36.6 Å². The van der Waals surface area contributed by atoms with Crippen molar-refractivity contribution in [1.82, 2.24) is 10.2 Å². The average Bonchev–Trinajstić information content (AvgIpc) is 2.78. The zero-order valence-corrected chi connectivity index (χ0v) is 9.75. The highest BCUT2D eigenvalue weighted by Crippen LogP contribution is 2.33. The van der Waals surface area contributed by atoms with Gasteiger partial charge in [0.15, 0.2) is 0 Å². The zero-order valence-electron chi connectivity index (χ0n) is 9.75. The van der Waals surface area contributed by atoms with Crippen LogP contribution in [0.1, 0.15) is 44.9 Å². The second-order valence-corrected chi connectivity index (χ2v) is 5.62. The Bertz CT molecular complexity index is 211. The fraction of sp³-hybridized carbons (Fsp3) is 1.00. The molecule has 1 aliphatic carbocycles. The predicted octanol–water partition coefficient (Wildman–Crippen LogP) is 2.00. The SMILES string of the molecule is C1CCC(C2NCCN3CCCC23)CC1. The summed E-state index contributed by atoms with van der Waals surface area (Å²) in [5.41, 5.74) is 0. The lowest BCUT2D eigenvalue weighted by atomic mass is 9.80. The summed E-state index contributed by atoms with van der Waals surface area (Å²) in [6.45, 7) is 3.90. The smallest absolute Gasteiger partial charge is 0.0253 e. The average molecular weight is 208 g/mol. The van der Waals surface area contributed by atoms with Crippen LogP contribution in [0.25, 0.3) is 0 Å². The molecule has 0 radical (unpaired) electrons. The summed E-state index contributed by atoms with van der Waals surface area (Å²) in [5.74, 6) is 0.990. The molecule has 2 saturated heterocycles. The Morgan fingerprint density at radius 3 is 2.60 bits per heavy atom. The molecule has 86 valence electrons. The van der Waals surface area contributed by atoms with E-state index in [0.717, 1.165) is 18.0 Å². The van der Waals surface area contributed by atoms with E-state index < -0.39 is 0 Å². The molecule has 3 fully saturated rings. The first-order valence-corrected chi connectivity index (χ1v) is 6.92. The fourth-order valence-electron chi connectivity index (χ4n) is 4.02. The van der Waals surface area contributed by atoms with Gasteiger partial charge >= 0.3 is 0 Å². The summed E-state index contributed by atoms with van der Waals surface area (Å²) in [6, 6.07) is 1.73. The van der Waals surface area contributed by atoms with Crippen molar-refractivity contribution < 1.29 is 0 Å². The molecule has 0 aromatic rings. The van der Waals surface area contributed by atoms with Crippen LogP contribution in [0.4, 0.5) is 0 Å². The highest BCUT2D eigenvalue weighted by Gasteiger charge is 2.38. The van der Waals surface area contributed by atoms with Gasteiger partial charge in [-0.1, -0.05) is 19.3 Å². The summed E-state index contributed by atoms with van der Waals surface area (Å²) in [7, 11) is 0. The van der Waals surface area contributed by atoms with Gasteiger partial charge in [0.2, 0.25) is 0 Å². The molecule has 2 aliphatic heterocycles. The maximum absolute atomic E-state index is 3.82. The molecule has 2 heterocycles. The predicted molar refractivity (Wildman–Crippen MR) is 63.0 cm³/mol. The molecule has 3 rings (SSSR count). The van der Waals surface area contributed by atoms with Crippen molar-refractivity contribution in [2.75, 3.05) is 19.6 Å². The van der Waals surface area contributed by atoms with E-state index in [9.17, 15) is 0 Å². The molecule has 1 saturated carbocycles. The van der Waals surface area contributed by atoms with Crippen molar-refractivity contribution in [3.05, 3.63) is 0 Å². The Balaban J connectivity index is 1.67. The van der Waals surface area contributed by atoms with E-state index in [1.165, 1.54) is 64.6 Å². The van der Waals surface area contributed by atoms with Gasteiger partial charge in [0.05, 0.1) is 0 Å². The molecule has 15 heavy (non-hydrogen) atoms. The lowest BCUT2D eigenvalue weighted by molar-refractivity contribution is 0.110. The Hall–Kier alpha value is -0.0800. The third-order valence-electron chi connectivity index (χ3n) is 4.77. The van der Waals surface area contributed by atoms with Crippen LogP contribution >= 0.6 is 0 Å². The molecule has 1 N–H and O–H groups in total. The van der Waals surface area contributed by atoms with E-state index in [1.807, 2.05) is 0 Å². The molecular formula is C13H24N2. The number of piperazine rings is 1. The van der Waals surface area contributed by atoms with Crippen LogP contribution in [0.15, 0.2) is 0 Å². The molecule has 2 heteroatoms. The van der Waals surface area contributed by atoms with Crippen LogP contribution in [0.5, 0.6) is 0 Å². The highest BCUT2D eigenvalue weighted by atomic mass is 15.2. The molecule has 3 aliphatic rings. The van der Waals surface area contributed by atoms with Crippen LogP contribution < -0.4 is 5.32 Å². The van der Waals surface area contributed by atoms with Gasteiger partial charge in [-0.05, 0) is 38.1 Å². The summed E-state index contributed by atoms with van der Waals surface area (Å²) < 4.78 is 0. The Morgan fingerprint density at radius 2 is 1.73 bits per heavy atom. The lowest BCUT2D eigenvalue weighted by Gasteiger charge is -2.43. The van der Waals surface area contributed by atoms with E-state index in [1.54, 1.807) is 0 Å². The minimum absolute atomic E-state index is 0.835. The standard InChI is InChI=1S/C13H24N2/c1-2-5-11(6-3-1)13-12-7-4-9-15(12)10-8-14-13/h11-14H,1-10H2. The zero-order chi connectivity index (χ0) is 10.1. The fourth-order valence-corrected chi connectivity index (χ4v) is 4.02. The quantitative estimate of drug-likeness (QED) is 0.709. The molecule has 2 unspecified atom stereocenters. The van der Waals surface area contributed by atoms with E-state index in [2.05, 4.69) is 10.2 Å². The summed E-state index contributed by atoms with van der Waals surface area (Å²) >= 11 is 0. The number of hydrogen-bond acceptors (Lipinski definition) is 2. The van der Waals surface area contributed by atoms with E-state index in [4.69, 9.17) is 0 Å². The van der Waals surface area contributed by atoms with E-state index in [0.29, 0.717) is 0 Å². The maximum atomic E-state index is 3.82. The summed E-state index contributed by atoms with van der Waals surface area (Å²) in [4.78, 5) is 2.75. The molecule has 0 amide bonds. The van der Waals surface area contributed by atoms with E-state index >= 15 is 0 Å². The molecule has 2 atom stereocenters. The first-order chi connectivity index (χ1) is 7.45. The number of hydrogen-bond donors (Lipinski definition) is 1. The largest absolute Gasteiger partial charge is 0.311 e. The van der Waals surface area contributed by atoms with Crippen LogP contribution in [0, 0.1) is 5.92 Å². The van der Waals surface area contributed by atoms with Gasteiger partial charge in [-0.25, -0.2) is 0 Å². The topological polar surface area (TPSA) is 15.3 Å². The Kier molecular flexibility index (Phi) is 2.98. The van der Waals surface area contributed by atoms with Gasteiger partial charge in [-0.15, -0.1) is 0 Å². The number of rotatable bonds is 1. The normalized spacial score (nSPS) is 39.2. The van der Waals surface area contributed by atoms with Gasteiger partial charge < -0.3 is 5.32 Å². The maximum Gasteiger partial charge on any atom is 0.0253 e. The second kappa shape index (κ2) is 4.42. The summed E-state index contributed by atoms with van der Waals surface area (Å²) in [6.07, 6.45) is 10.3. The van der Waals surface area contributed by atoms with Gasteiger partial charge in [0.1, 0.15) is 0 Å². The molecule has 0 spiro atoms. The highest BCUT2D eigenvalue weighted by molar-refractivity contribution is 4.96. The number of fused-ring (bicyclic) bond motifs is 1. The van der Waals surface area contributed by atoms with Crippen molar-refractivity contribution in [2.45, 2.75) is 57.0 Å². The van der Waals surface area contributed by atoms with Crippen LogP contribution in [0.3, 0.4) is 0 Å². The molecule has 0 bridgehead atoms. The number of nitrogens with one attached hydrogen (secondary N) is 1. The third-order valence-corrected chi connectivity index (χ3v) is 4.77. The van der Waals surface area contributed by atoms with Crippen molar-refractivity contribution in [3.63, 3.8) is 0 Å². The first kappa shape index (κ1) is 10.1. The van der Waals surface area contributed by atoms with Gasteiger partial charge in [-0.3, -0.25) is 4.90 Å². The van der Waals surface area contributed by atoms with E-state index in [-0.39, 0.29) is 0 Å². The first-order valence-electron chi connectivity index (χ1n) is 6.92. The Labute approximate surface area is 93.4 Å². The Morgan fingerprint density at radius 1 is 0.867 bits per heavy atom. The molecule has 0 aromatic carbocycles. The second-order valence-electron chi connectivity index (χ2n) is 5.62. The van der Waals surface area contributed by atoms with Gasteiger partial charge in [0.25, 0.3) is 0 Å². The van der Waals surface area contributed by atoms with Crippen molar-refractivity contribution in [3.8, 4) is 0 Å². The van der Waals surface area contributed by atoms with Crippen molar-refractivity contribution in [2.24, 2.45) is 5.92 Å². The van der Waals surface area contributed by atoms with Crippen LogP contribution in [0.2, 0.25) is 0 Å². The van der Waals surface area contributed by atoms with Crippen molar-refractivity contribution >= 4 is 0 Å². The van der Waals surface area contributed by atoms with Crippen molar-refractivity contribution in [1.29, 1.82) is 0 Å². The minimum Gasteiger partial charge on any atom is -0.311 e. The lowest BCUT2D eigenvalue weighted by Crippen LogP contribution is -2.58. The van der Waals surface area contributed by atoms with Gasteiger partial charge in [-0.2, -0.15) is 0 Å². The summed E-state index contributed by atoms with van der Waals surface area (Å²) in [5, 5.41) is 3.82. The van der Waals surface area contributed by atoms with Crippen LogP contribution in [-0.2, 0) is 0 Å².